The molecule has 1 heteroatoms. The Morgan fingerprint density at radius 3 is 2.36 bits per heavy atom. The number of rotatable bonds is 4. The molecule has 0 aromatic heterocycles. The van der Waals surface area contributed by atoms with Crippen LogP contribution in [0.4, 0.5) is 0 Å². The molecule has 2 atom stereocenters. The predicted molar refractivity (Wildman–Crippen MR) is 61.8 cm³/mol. The lowest BCUT2D eigenvalue weighted by molar-refractivity contribution is 0.0736. The van der Waals surface area contributed by atoms with Crippen LogP contribution in [0.3, 0.4) is 0 Å². The Kier molecular flexibility index (Phi) is 4.67. The molecule has 78 valence electrons. The van der Waals surface area contributed by atoms with Gasteiger partial charge < -0.3 is 5.11 Å². The van der Waals surface area contributed by atoms with Gasteiger partial charge >= 0.3 is 0 Å². The summed E-state index contributed by atoms with van der Waals surface area (Å²) in [6.45, 7) is 11.5. The summed E-state index contributed by atoms with van der Waals surface area (Å²) in [5.74, 6) is 2.34. The molecular formula is C13H20O. The van der Waals surface area contributed by atoms with Gasteiger partial charge in [-0.2, -0.15) is 0 Å². The SMILES string of the molecule is C#CC(C)(O)C(CC=C(C)C)C(=C)C. The summed E-state index contributed by atoms with van der Waals surface area (Å²) in [5, 5.41) is 9.94. The Hall–Kier alpha value is -1.00. The topological polar surface area (TPSA) is 20.2 Å². The summed E-state index contributed by atoms with van der Waals surface area (Å²) in [5.41, 5.74) is 1.05. The minimum absolute atomic E-state index is 0.0672. The van der Waals surface area contributed by atoms with Gasteiger partial charge in [0.1, 0.15) is 5.60 Å². The number of aliphatic hydroxyl groups is 1. The zero-order chi connectivity index (χ0) is 11.4. The standard InChI is InChI=1S/C13H20O/c1-7-13(6,14)12(11(4)5)9-8-10(2)3/h1,8,12,14H,4,9H2,2-3,5-6H3. The van der Waals surface area contributed by atoms with Gasteiger partial charge in [0.2, 0.25) is 0 Å². The molecule has 0 radical (unpaired) electrons. The summed E-state index contributed by atoms with van der Waals surface area (Å²) in [7, 11) is 0. The van der Waals surface area contributed by atoms with E-state index in [9.17, 15) is 5.11 Å². The number of allylic oxidation sites excluding steroid dienone is 2. The van der Waals surface area contributed by atoms with Crippen LogP contribution < -0.4 is 0 Å². The molecule has 0 aliphatic heterocycles. The number of hydrogen-bond donors (Lipinski definition) is 1. The van der Waals surface area contributed by atoms with Crippen molar-refractivity contribution < 1.29 is 5.11 Å². The molecule has 14 heavy (non-hydrogen) atoms. The highest BCUT2D eigenvalue weighted by molar-refractivity contribution is 5.18. The van der Waals surface area contributed by atoms with Crippen LogP contribution in [-0.2, 0) is 0 Å². The van der Waals surface area contributed by atoms with Gasteiger partial charge in [0.15, 0.2) is 0 Å². The number of terminal acetylenes is 1. The van der Waals surface area contributed by atoms with E-state index in [1.54, 1.807) is 6.92 Å². The van der Waals surface area contributed by atoms with Crippen LogP contribution in [0.5, 0.6) is 0 Å². The van der Waals surface area contributed by atoms with Gasteiger partial charge in [-0.05, 0) is 34.1 Å². The highest BCUT2D eigenvalue weighted by Gasteiger charge is 2.29. The van der Waals surface area contributed by atoms with E-state index in [0.717, 1.165) is 12.0 Å². The first-order valence-corrected chi connectivity index (χ1v) is 4.80. The molecule has 0 aliphatic carbocycles. The molecule has 1 N–H and O–H groups in total. The third kappa shape index (κ3) is 3.81. The molecule has 0 fully saturated rings. The molecule has 0 spiro atoms. The van der Waals surface area contributed by atoms with Crippen LogP contribution in [0.15, 0.2) is 23.8 Å². The smallest absolute Gasteiger partial charge is 0.129 e. The Morgan fingerprint density at radius 2 is 2.07 bits per heavy atom. The average Bonchev–Trinajstić information content (AvgIpc) is 2.03. The highest BCUT2D eigenvalue weighted by atomic mass is 16.3. The zero-order valence-electron chi connectivity index (χ0n) is 9.59. The average molecular weight is 192 g/mol. The minimum Gasteiger partial charge on any atom is -0.377 e. The summed E-state index contributed by atoms with van der Waals surface area (Å²) in [6, 6.07) is 0. The van der Waals surface area contributed by atoms with Gasteiger partial charge in [-0.1, -0.05) is 29.7 Å². The van der Waals surface area contributed by atoms with Gasteiger partial charge in [0.05, 0.1) is 0 Å². The van der Waals surface area contributed by atoms with E-state index < -0.39 is 5.60 Å². The van der Waals surface area contributed by atoms with Gasteiger partial charge in [0, 0.05) is 5.92 Å². The largest absolute Gasteiger partial charge is 0.377 e. The van der Waals surface area contributed by atoms with Crippen molar-refractivity contribution in [2.45, 2.75) is 39.7 Å². The molecule has 0 bridgehead atoms. The Balaban J connectivity index is 4.73. The Morgan fingerprint density at radius 1 is 1.57 bits per heavy atom. The predicted octanol–water partition coefficient (Wildman–Crippen LogP) is 2.92. The monoisotopic (exact) mass is 192 g/mol. The van der Waals surface area contributed by atoms with Crippen LogP contribution >= 0.6 is 0 Å². The summed E-state index contributed by atoms with van der Waals surface area (Å²) in [4.78, 5) is 0. The molecule has 0 rings (SSSR count). The van der Waals surface area contributed by atoms with E-state index in [2.05, 4.69) is 18.6 Å². The van der Waals surface area contributed by atoms with Crippen molar-refractivity contribution in [3.63, 3.8) is 0 Å². The lowest BCUT2D eigenvalue weighted by Crippen LogP contribution is -2.33. The molecule has 0 aromatic rings. The molecule has 0 saturated carbocycles. The molecule has 0 heterocycles. The minimum atomic E-state index is -1.10. The maximum Gasteiger partial charge on any atom is 0.129 e. The molecule has 0 aromatic carbocycles. The fourth-order valence-electron chi connectivity index (χ4n) is 1.36. The van der Waals surface area contributed by atoms with E-state index in [-0.39, 0.29) is 5.92 Å². The first-order valence-electron chi connectivity index (χ1n) is 4.80. The third-order valence-electron chi connectivity index (χ3n) is 2.33. The lowest BCUT2D eigenvalue weighted by Gasteiger charge is -2.28. The normalized spacial score (nSPS) is 16.3. The molecule has 1 nitrogen and oxygen atoms in total. The first-order chi connectivity index (χ1) is 6.31. The van der Waals surface area contributed by atoms with Crippen molar-refractivity contribution in [3.8, 4) is 12.3 Å². The highest BCUT2D eigenvalue weighted by Crippen LogP contribution is 2.27. The van der Waals surface area contributed by atoms with E-state index >= 15 is 0 Å². The quantitative estimate of drug-likeness (QED) is 0.536. The van der Waals surface area contributed by atoms with Crippen molar-refractivity contribution in [1.29, 1.82) is 0 Å². The maximum absolute atomic E-state index is 9.94. The fraction of sp³-hybridized carbons (Fsp3) is 0.538. The summed E-state index contributed by atoms with van der Waals surface area (Å²) in [6.07, 6.45) is 8.11. The molecule has 0 amide bonds. The second-order valence-electron chi connectivity index (χ2n) is 4.21. The first kappa shape index (κ1) is 13.0. The van der Waals surface area contributed by atoms with Crippen LogP contribution in [0.25, 0.3) is 0 Å². The van der Waals surface area contributed by atoms with Crippen molar-refractivity contribution >= 4 is 0 Å². The van der Waals surface area contributed by atoms with Gasteiger partial charge in [-0.15, -0.1) is 6.42 Å². The van der Waals surface area contributed by atoms with E-state index in [0.29, 0.717) is 0 Å². The number of hydrogen-bond acceptors (Lipinski definition) is 1. The third-order valence-corrected chi connectivity index (χ3v) is 2.33. The van der Waals surface area contributed by atoms with Crippen molar-refractivity contribution in [2.24, 2.45) is 5.92 Å². The van der Waals surface area contributed by atoms with Crippen LogP contribution in [0.2, 0.25) is 0 Å². The van der Waals surface area contributed by atoms with Crippen molar-refractivity contribution in [2.75, 3.05) is 0 Å². The van der Waals surface area contributed by atoms with Crippen molar-refractivity contribution in [1.82, 2.24) is 0 Å². The lowest BCUT2D eigenvalue weighted by atomic mass is 9.82. The molecule has 0 saturated heterocycles. The van der Waals surface area contributed by atoms with E-state index in [1.165, 1.54) is 5.57 Å². The summed E-state index contributed by atoms with van der Waals surface area (Å²) >= 11 is 0. The van der Waals surface area contributed by atoms with E-state index in [1.807, 2.05) is 20.8 Å². The zero-order valence-corrected chi connectivity index (χ0v) is 9.59. The molecule has 2 unspecified atom stereocenters. The Labute approximate surface area is 87.5 Å². The Bertz CT molecular complexity index is 272. The second-order valence-corrected chi connectivity index (χ2v) is 4.21. The van der Waals surface area contributed by atoms with Gasteiger partial charge in [0.25, 0.3) is 0 Å². The van der Waals surface area contributed by atoms with Gasteiger partial charge in [-0.25, -0.2) is 0 Å². The maximum atomic E-state index is 9.94. The van der Waals surface area contributed by atoms with Gasteiger partial charge in [-0.3, -0.25) is 0 Å². The second kappa shape index (κ2) is 5.02. The molecule has 0 aliphatic rings. The van der Waals surface area contributed by atoms with Crippen LogP contribution in [0, 0.1) is 18.3 Å². The van der Waals surface area contributed by atoms with Crippen LogP contribution in [0.1, 0.15) is 34.1 Å². The summed E-state index contributed by atoms with van der Waals surface area (Å²) < 4.78 is 0. The molecular weight excluding hydrogens is 172 g/mol. The van der Waals surface area contributed by atoms with E-state index in [4.69, 9.17) is 6.42 Å². The van der Waals surface area contributed by atoms with Crippen LogP contribution in [-0.4, -0.2) is 10.7 Å². The fourth-order valence-corrected chi connectivity index (χ4v) is 1.36. The van der Waals surface area contributed by atoms with Crippen molar-refractivity contribution in [3.05, 3.63) is 23.8 Å².